The second-order valence-electron chi connectivity index (χ2n) is 14.0. The van der Waals surface area contributed by atoms with Crippen LogP contribution in [0, 0.1) is 11.7 Å². The number of rotatable bonds is 9. The number of esters is 1. The average Bonchev–Trinajstić information content (AvgIpc) is 3.76. The molecule has 7 atom stereocenters. The molecule has 3 aliphatic heterocycles. The normalized spacial score (nSPS) is 26.9. The largest absolute Gasteiger partial charge is 0.461 e. The monoisotopic (exact) mass is 726 g/mol. The quantitative estimate of drug-likeness (QED) is 0.194. The average molecular weight is 727 g/mol. The van der Waals surface area contributed by atoms with E-state index >= 15 is 0 Å². The molecule has 6 amide bonds. The Balaban J connectivity index is 1.66. The number of unbranched alkanes of at least 4 members (excludes halogenated alkanes) is 2. The molecule has 52 heavy (non-hydrogen) atoms. The number of ether oxygens (including phenoxy) is 1. The zero-order chi connectivity index (χ0) is 38.1. The Labute approximate surface area is 303 Å². The minimum Gasteiger partial charge on any atom is -0.461 e. The molecule has 3 heterocycles. The molecule has 0 spiro atoms. The number of fused-ring (bicyclic) bond motifs is 2. The lowest BCUT2D eigenvalue weighted by Gasteiger charge is -2.34. The summed E-state index contributed by atoms with van der Waals surface area (Å²) in [5, 5.41) is 7.94. The van der Waals surface area contributed by atoms with Gasteiger partial charge in [-0.3, -0.25) is 28.8 Å². The summed E-state index contributed by atoms with van der Waals surface area (Å²) in [4.78, 5) is 99.0. The number of nitrogens with zero attached hydrogens (tertiary/aromatic N) is 3. The molecule has 1 aromatic rings. The number of likely N-dealkylation sites (N-methyl/N-ethyl adjacent to an activating group) is 1. The fourth-order valence-corrected chi connectivity index (χ4v) is 6.80. The van der Waals surface area contributed by atoms with Crippen molar-refractivity contribution >= 4 is 41.4 Å². The van der Waals surface area contributed by atoms with Gasteiger partial charge in [0.2, 0.25) is 35.4 Å². The molecular formula is C37H51FN6O8. The van der Waals surface area contributed by atoms with Crippen LogP contribution in [-0.2, 0) is 44.7 Å². The number of benzene rings is 1. The predicted molar refractivity (Wildman–Crippen MR) is 187 cm³/mol. The van der Waals surface area contributed by atoms with Crippen LogP contribution in [0.15, 0.2) is 36.4 Å². The first-order valence-corrected chi connectivity index (χ1v) is 18.1. The first kappa shape index (κ1) is 40.0. The number of halogens is 1. The van der Waals surface area contributed by atoms with E-state index in [1.54, 1.807) is 12.1 Å². The van der Waals surface area contributed by atoms with Crippen LogP contribution in [-0.4, -0.2) is 119 Å². The Morgan fingerprint density at radius 1 is 1.06 bits per heavy atom. The summed E-state index contributed by atoms with van der Waals surface area (Å²) >= 11 is 0. The first-order chi connectivity index (χ1) is 24.7. The van der Waals surface area contributed by atoms with E-state index in [9.17, 15) is 38.0 Å². The molecule has 0 unspecified atom stereocenters. The van der Waals surface area contributed by atoms with Gasteiger partial charge >= 0.3 is 5.97 Å². The Morgan fingerprint density at radius 3 is 2.52 bits per heavy atom. The molecule has 3 N–H and O–H groups in total. The summed E-state index contributed by atoms with van der Waals surface area (Å²) in [6, 6.07) is -1.17. The van der Waals surface area contributed by atoms with Gasteiger partial charge in [0.1, 0.15) is 48.7 Å². The van der Waals surface area contributed by atoms with Gasteiger partial charge in [0.25, 0.3) is 0 Å². The van der Waals surface area contributed by atoms with Crippen molar-refractivity contribution < 1.29 is 42.7 Å². The molecule has 4 rings (SSSR count). The van der Waals surface area contributed by atoms with Gasteiger partial charge in [0.05, 0.1) is 0 Å². The number of carbonyl (C=O) groups is 7. The van der Waals surface area contributed by atoms with Gasteiger partial charge in [0.15, 0.2) is 0 Å². The summed E-state index contributed by atoms with van der Waals surface area (Å²) < 4.78 is 19.8. The fourth-order valence-electron chi connectivity index (χ4n) is 6.80. The molecule has 3 saturated heterocycles. The van der Waals surface area contributed by atoms with Crippen LogP contribution >= 0.6 is 0 Å². The molecule has 14 nitrogen and oxygen atoms in total. The molecule has 3 aliphatic rings. The minimum atomic E-state index is -1.49. The fraction of sp³-hybridized carbons (Fsp3) is 0.595. The van der Waals surface area contributed by atoms with E-state index in [1.807, 2.05) is 13.8 Å². The standard InChI is InChI=1S/C37H51FN6O8/c1-6-7-8-9-15-31(45)40-27(19-25-12-10-13-26(38)18-25)33(47)41-28-21-52-37(51)30-17-22(2)20-44(30)34(48)23(3)39-32(46)24(4)42(5)36(50)29-14-11-16-43(29)35(28)49/h9-10,12-13,15,18,22-24,27-30H,6-8,11,14,16-17,19-21H2,1-5H3,(H,39,46)(H,40,45)(H,41,47)/b15-9+/t22-,23+,24+,27+,28+,29+,30+/m1/s1. The van der Waals surface area contributed by atoms with E-state index in [0.717, 1.165) is 12.8 Å². The van der Waals surface area contributed by atoms with Crippen LogP contribution in [0.4, 0.5) is 4.39 Å². The maximum Gasteiger partial charge on any atom is 0.328 e. The zero-order valence-electron chi connectivity index (χ0n) is 30.6. The van der Waals surface area contributed by atoms with Crippen molar-refractivity contribution in [2.24, 2.45) is 5.92 Å². The zero-order valence-corrected chi connectivity index (χ0v) is 30.6. The van der Waals surface area contributed by atoms with Crippen molar-refractivity contribution in [1.29, 1.82) is 0 Å². The number of allylic oxidation sites excluding steroid dienone is 1. The molecule has 3 fully saturated rings. The van der Waals surface area contributed by atoms with Crippen LogP contribution in [0.1, 0.15) is 71.8 Å². The molecule has 0 aliphatic carbocycles. The Bertz CT molecular complexity index is 1550. The van der Waals surface area contributed by atoms with Crippen LogP contribution in [0.25, 0.3) is 0 Å². The Hall–Kier alpha value is -4.82. The van der Waals surface area contributed by atoms with E-state index in [0.29, 0.717) is 18.4 Å². The maximum atomic E-state index is 14.2. The highest BCUT2D eigenvalue weighted by Gasteiger charge is 2.44. The van der Waals surface area contributed by atoms with Crippen LogP contribution in [0.2, 0.25) is 0 Å². The van der Waals surface area contributed by atoms with Crippen molar-refractivity contribution in [2.45, 2.75) is 109 Å². The Morgan fingerprint density at radius 2 is 1.81 bits per heavy atom. The second kappa shape index (κ2) is 18.1. The summed E-state index contributed by atoms with van der Waals surface area (Å²) in [5.74, 6) is -5.06. The Kier molecular flexibility index (Phi) is 13.9. The third kappa shape index (κ3) is 9.94. The predicted octanol–water partition coefficient (Wildman–Crippen LogP) is 1.22. The van der Waals surface area contributed by atoms with Gasteiger partial charge in [-0.2, -0.15) is 0 Å². The van der Waals surface area contributed by atoms with Crippen molar-refractivity contribution in [2.75, 3.05) is 26.7 Å². The topological polar surface area (TPSA) is 175 Å². The summed E-state index contributed by atoms with van der Waals surface area (Å²) in [7, 11) is 1.44. The number of nitrogens with one attached hydrogen (secondary N) is 3. The van der Waals surface area contributed by atoms with E-state index < -0.39 is 90.1 Å². The molecule has 0 radical (unpaired) electrons. The number of amides is 6. The van der Waals surface area contributed by atoms with Crippen LogP contribution < -0.4 is 16.0 Å². The number of hydrogen-bond donors (Lipinski definition) is 3. The van der Waals surface area contributed by atoms with Crippen molar-refractivity contribution in [3.05, 3.63) is 47.8 Å². The smallest absolute Gasteiger partial charge is 0.328 e. The lowest BCUT2D eigenvalue weighted by atomic mass is 10.0. The molecule has 15 heteroatoms. The third-order valence-corrected chi connectivity index (χ3v) is 9.89. The summed E-state index contributed by atoms with van der Waals surface area (Å²) in [6.45, 7) is 6.68. The van der Waals surface area contributed by atoms with Gasteiger partial charge in [-0.15, -0.1) is 0 Å². The van der Waals surface area contributed by atoms with Gasteiger partial charge in [-0.05, 0) is 69.2 Å². The third-order valence-electron chi connectivity index (χ3n) is 9.89. The van der Waals surface area contributed by atoms with E-state index in [1.165, 1.54) is 59.9 Å². The summed E-state index contributed by atoms with van der Waals surface area (Å²) in [5.41, 5.74) is 0.409. The second-order valence-corrected chi connectivity index (χ2v) is 14.0. The minimum absolute atomic E-state index is 0.0696. The molecule has 0 bridgehead atoms. The highest BCUT2D eigenvalue weighted by Crippen LogP contribution is 2.26. The molecule has 0 aromatic heterocycles. The van der Waals surface area contributed by atoms with Crippen LogP contribution in [0.3, 0.4) is 0 Å². The first-order valence-electron chi connectivity index (χ1n) is 18.1. The van der Waals surface area contributed by atoms with Gasteiger partial charge in [0, 0.05) is 26.6 Å². The van der Waals surface area contributed by atoms with Gasteiger partial charge in [-0.25, -0.2) is 9.18 Å². The van der Waals surface area contributed by atoms with E-state index in [-0.39, 0.29) is 38.3 Å². The highest BCUT2D eigenvalue weighted by molar-refractivity contribution is 5.98. The number of hydrogen-bond acceptors (Lipinski definition) is 8. The molecular weight excluding hydrogens is 675 g/mol. The van der Waals surface area contributed by atoms with Crippen LogP contribution in [0.5, 0.6) is 0 Å². The lowest BCUT2D eigenvalue weighted by molar-refractivity contribution is -0.158. The molecule has 1 aromatic carbocycles. The summed E-state index contributed by atoms with van der Waals surface area (Å²) in [6.07, 6.45) is 6.36. The van der Waals surface area contributed by atoms with Crippen molar-refractivity contribution in [3.63, 3.8) is 0 Å². The highest BCUT2D eigenvalue weighted by atomic mass is 19.1. The number of cyclic esters (lactones) is 1. The SMILES string of the molecule is CCCC/C=C/C(=O)N[C@@H](Cc1cccc(F)c1)C(=O)N[C@H]1COC(=O)[C@@H]2C[C@@H](C)CN2C(=O)[C@H](C)NC(=O)[C@H](C)N(C)C(=O)[C@@H]2CCCN2C1=O. The van der Waals surface area contributed by atoms with Gasteiger partial charge in [-0.1, -0.05) is 44.9 Å². The lowest BCUT2D eigenvalue weighted by Crippen LogP contribution is -2.60. The molecule has 0 saturated carbocycles. The van der Waals surface area contributed by atoms with Gasteiger partial charge < -0.3 is 35.4 Å². The van der Waals surface area contributed by atoms with E-state index in [2.05, 4.69) is 16.0 Å². The number of carbonyl (C=O) groups excluding carboxylic acids is 7. The van der Waals surface area contributed by atoms with E-state index in [4.69, 9.17) is 4.74 Å². The molecule has 284 valence electrons. The van der Waals surface area contributed by atoms with Crippen molar-refractivity contribution in [3.8, 4) is 0 Å². The van der Waals surface area contributed by atoms with Crippen molar-refractivity contribution in [1.82, 2.24) is 30.7 Å². The maximum absolute atomic E-state index is 14.2.